The third-order valence-corrected chi connectivity index (χ3v) is 6.07. The highest BCUT2D eigenvalue weighted by atomic mass is 79.9. The molecule has 1 aliphatic rings. The smallest absolute Gasteiger partial charge is 0.241 e. The van der Waals surface area contributed by atoms with Crippen molar-refractivity contribution in [2.75, 3.05) is 5.73 Å². The van der Waals surface area contributed by atoms with E-state index in [0.29, 0.717) is 17.2 Å². The fraction of sp³-hybridized carbons (Fsp3) is 0.538. The van der Waals surface area contributed by atoms with Gasteiger partial charge in [0.1, 0.15) is 0 Å². The first kappa shape index (κ1) is 14.8. The van der Waals surface area contributed by atoms with Crippen LogP contribution in [0, 0.1) is 12.8 Å². The van der Waals surface area contributed by atoms with Gasteiger partial charge in [-0.1, -0.05) is 13.3 Å². The molecule has 0 aliphatic heterocycles. The van der Waals surface area contributed by atoms with Gasteiger partial charge in [0.2, 0.25) is 10.0 Å². The lowest BCUT2D eigenvalue weighted by Gasteiger charge is -2.18. The second-order valence-electron chi connectivity index (χ2n) is 5.28. The van der Waals surface area contributed by atoms with Gasteiger partial charge in [0.15, 0.2) is 0 Å². The van der Waals surface area contributed by atoms with Crippen LogP contribution < -0.4 is 10.5 Å². The number of rotatable bonds is 3. The van der Waals surface area contributed by atoms with E-state index in [9.17, 15) is 8.42 Å². The van der Waals surface area contributed by atoms with E-state index in [1.54, 1.807) is 13.0 Å². The van der Waals surface area contributed by atoms with Crippen LogP contribution in [0.2, 0.25) is 0 Å². The molecule has 1 fully saturated rings. The standard InChI is InChI=1S/C13H19BrN2O2S/c1-8-4-3-5-12(8)16-19(17,18)13-7-11(15)10(14)6-9(13)2/h6-8,12,16H,3-5,15H2,1-2H3. The van der Waals surface area contributed by atoms with E-state index in [2.05, 4.69) is 27.6 Å². The average Bonchev–Trinajstić information content (AvgIpc) is 2.69. The number of anilines is 1. The zero-order valence-electron chi connectivity index (χ0n) is 11.1. The molecule has 0 saturated heterocycles. The number of nitrogens with two attached hydrogens (primary N) is 1. The van der Waals surface area contributed by atoms with Crippen LogP contribution in [0.4, 0.5) is 5.69 Å². The van der Waals surface area contributed by atoms with Crippen molar-refractivity contribution in [3.8, 4) is 0 Å². The predicted octanol–water partition coefficient (Wildman–Crippen LogP) is 2.81. The van der Waals surface area contributed by atoms with E-state index in [4.69, 9.17) is 5.73 Å². The Labute approximate surface area is 122 Å². The molecule has 2 unspecified atom stereocenters. The number of benzene rings is 1. The van der Waals surface area contributed by atoms with E-state index in [-0.39, 0.29) is 10.9 Å². The molecular formula is C13H19BrN2O2S. The lowest BCUT2D eigenvalue weighted by molar-refractivity contribution is 0.476. The van der Waals surface area contributed by atoms with Crippen LogP contribution in [0.1, 0.15) is 31.7 Å². The Bertz CT molecular complexity index is 587. The van der Waals surface area contributed by atoms with Crippen molar-refractivity contribution in [3.63, 3.8) is 0 Å². The summed E-state index contributed by atoms with van der Waals surface area (Å²) in [5.41, 5.74) is 6.91. The van der Waals surface area contributed by atoms with Gasteiger partial charge >= 0.3 is 0 Å². The van der Waals surface area contributed by atoms with E-state index < -0.39 is 10.0 Å². The Morgan fingerprint density at radius 2 is 2.05 bits per heavy atom. The van der Waals surface area contributed by atoms with E-state index in [1.807, 2.05) is 0 Å². The highest BCUT2D eigenvalue weighted by Crippen LogP contribution is 2.29. The second-order valence-corrected chi connectivity index (χ2v) is 7.81. The van der Waals surface area contributed by atoms with Crippen molar-refractivity contribution in [1.29, 1.82) is 0 Å². The van der Waals surface area contributed by atoms with Gasteiger partial charge in [-0.3, -0.25) is 0 Å². The van der Waals surface area contributed by atoms with Crippen LogP contribution in [0.5, 0.6) is 0 Å². The average molecular weight is 347 g/mol. The molecule has 0 aromatic heterocycles. The summed E-state index contributed by atoms with van der Waals surface area (Å²) in [6, 6.07) is 3.29. The molecule has 2 atom stereocenters. The third-order valence-electron chi connectivity index (χ3n) is 3.75. The molecule has 6 heteroatoms. The van der Waals surface area contributed by atoms with Gasteiger partial charge in [0, 0.05) is 16.2 Å². The molecule has 0 bridgehead atoms. The first-order chi connectivity index (χ1) is 8.81. The SMILES string of the molecule is Cc1cc(Br)c(N)cc1S(=O)(=O)NC1CCCC1C. The van der Waals surface area contributed by atoms with Crippen LogP contribution >= 0.6 is 15.9 Å². The molecule has 1 aliphatic carbocycles. The Hall–Kier alpha value is -0.590. The minimum atomic E-state index is -3.50. The molecule has 3 N–H and O–H groups in total. The van der Waals surface area contributed by atoms with Gasteiger partial charge in [-0.05, 0) is 59.3 Å². The van der Waals surface area contributed by atoms with E-state index >= 15 is 0 Å². The summed E-state index contributed by atoms with van der Waals surface area (Å²) in [5.74, 6) is 0.392. The van der Waals surface area contributed by atoms with Gasteiger partial charge in [-0.25, -0.2) is 13.1 Å². The lowest BCUT2D eigenvalue weighted by Crippen LogP contribution is -2.36. The maximum absolute atomic E-state index is 12.4. The van der Waals surface area contributed by atoms with Crippen molar-refractivity contribution in [3.05, 3.63) is 22.2 Å². The monoisotopic (exact) mass is 346 g/mol. The van der Waals surface area contributed by atoms with Crippen molar-refractivity contribution in [2.45, 2.75) is 44.0 Å². The zero-order valence-corrected chi connectivity index (χ0v) is 13.5. The molecule has 106 valence electrons. The topological polar surface area (TPSA) is 72.2 Å². The predicted molar refractivity (Wildman–Crippen MR) is 80.4 cm³/mol. The highest BCUT2D eigenvalue weighted by Gasteiger charge is 2.29. The quantitative estimate of drug-likeness (QED) is 0.826. The molecule has 4 nitrogen and oxygen atoms in total. The normalized spacial score (nSPS) is 23.7. The summed E-state index contributed by atoms with van der Waals surface area (Å²) in [5, 5.41) is 0. The van der Waals surface area contributed by atoms with Gasteiger partial charge < -0.3 is 5.73 Å². The molecule has 0 radical (unpaired) electrons. The summed E-state index contributed by atoms with van der Waals surface area (Å²) in [6.45, 7) is 3.86. The third kappa shape index (κ3) is 3.12. The lowest BCUT2D eigenvalue weighted by atomic mass is 10.1. The number of hydrogen-bond acceptors (Lipinski definition) is 3. The summed E-state index contributed by atoms with van der Waals surface area (Å²) < 4.78 is 28.4. The van der Waals surface area contributed by atoms with Gasteiger partial charge in [-0.2, -0.15) is 0 Å². The highest BCUT2D eigenvalue weighted by molar-refractivity contribution is 9.10. The fourth-order valence-electron chi connectivity index (χ4n) is 2.54. The fourth-order valence-corrected chi connectivity index (χ4v) is 4.64. The van der Waals surface area contributed by atoms with Crippen molar-refractivity contribution < 1.29 is 8.42 Å². The van der Waals surface area contributed by atoms with Crippen molar-refractivity contribution in [2.24, 2.45) is 5.92 Å². The number of halogens is 1. The summed E-state index contributed by atoms with van der Waals surface area (Å²) in [4.78, 5) is 0.271. The number of nitrogen functional groups attached to an aromatic ring is 1. The summed E-state index contributed by atoms with van der Waals surface area (Å²) in [7, 11) is -3.50. The van der Waals surface area contributed by atoms with Crippen molar-refractivity contribution >= 4 is 31.6 Å². The molecule has 19 heavy (non-hydrogen) atoms. The second kappa shape index (κ2) is 5.42. The maximum Gasteiger partial charge on any atom is 0.241 e. The van der Waals surface area contributed by atoms with Crippen LogP contribution in [0.15, 0.2) is 21.5 Å². The molecule has 0 amide bonds. The van der Waals surface area contributed by atoms with E-state index in [0.717, 1.165) is 23.7 Å². The largest absolute Gasteiger partial charge is 0.398 e. The molecule has 1 aromatic carbocycles. The first-order valence-corrected chi connectivity index (χ1v) is 8.67. The Balaban J connectivity index is 2.32. The Kier molecular flexibility index (Phi) is 4.23. The number of nitrogens with one attached hydrogen (secondary N) is 1. The van der Waals surface area contributed by atoms with Crippen molar-refractivity contribution in [1.82, 2.24) is 4.72 Å². The van der Waals surface area contributed by atoms with Gasteiger partial charge in [-0.15, -0.1) is 0 Å². The molecule has 0 spiro atoms. The number of sulfonamides is 1. The number of aryl methyl sites for hydroxylation is 1. The van der Waals surface area contributed by atoms with Crippen LogP contribution in [0.3, 0.4) is 0 Å². The van der Waals surface area contributed by atoms with E-state index in [1.165, 1.54) is 6.07 Å². The summed E-state index contributed by atoms with van der Waals surface area (Å²) in [6.07, 6.45) is 3.07. The van der Waals surface area contributed by atoms with Gasteiger partial charge in [0.25, 0.3) is 0 Å². The molecule has 1 saturated carbocycles. The maximum atomic E-state index is 12.4. The first-order valence-electron chi connectivity index (χ1n) is 6.39. The molecular weight excluding hydrogens is 328 g/mol. The minimum Gasteiger partial charge on any atom is -0.398 e. The Morgan fingerprint density at radius 1 is 1.37 bits per heavy atom. The Morgan fingerprint density at radius 3 is 2.63 bits per heavy atom. The number of hydrogen-bond donors (Lipinski definition) is 2. The van der Waals surface area contributed by atoms with Crippen LogP contribution in [0.25, 0.3) is 0 Å². The van der Waals surface area contributed by atoms with Crippen LogP contribution in [-0.2, 0) is 10.0 Å². The van der Waals surface area contributed by atoms with Crippen LogP contribution in [-0.4, -0.2) is 14.5 Å². The minimum absolute atomic E-state index is 0.0364. The molecule has 1 aromatic rings. The molecule has 0 heterocycles. The van der Waals surface area contributed by atoms with Gasteiger partial charge in [0.05, 0.1) is 4.90 Å². The molecule has 2 rings (SSSR count). The zero-order chi connectivity index (χ0) is 14.2. The summed E-state index contributed by atoms with van der Waals surface area (Å²) >= 11 is 3.30.